The SMILES string of the molecule is CC12CCC3C(=O)OC(c4ccoc4)CC3(C)C1C(=O)C(OC(=O)c1cccc(Cl)c1)=CC2C(=O)O. The number of carbonyl (C=O) groups excluding carboxylic acids is 3. The Morgan fingerprint density at radius 2 is 1.94 bits per heavy atom. The molecule has 1 saturated carbocycles. The van der Waals surface area contributed by atoms with E-state index in [2.05, 4.69) is 0 Å². The molecule has 2 fully saturated rings. The van der Waals surface area contributed by atoms with Gasteiger partial charge in [0.1, 0.15) is 6.10 Å². The first kappa shape index (κ1) is 24.3. The van der Waals surface area contributed by atoms with Gasteiger partial charge >= 0.3 is 17.9 Å². The largest absolute Gasteiger partial charge is 0.481 e. The van der Waals surface area contributed by atoms with Crippen molar-refractivity contribution in [1.29, 1.82) is 0 Å². The van der Waals surface area contributed by atoms with Crippen LogP contribution in [0.5, 0.6) is 0 Å². The fourth-order valence-electron chi connectivity index (χ4n) is 6.55. The van der Waals surface area contributed by atoms with Crippen molar-refractivity contribution in [3.8, 4) is 0 Å². The summed E-state index contributed by atoms with van der Waals surface area (Å²) in [5.74, 6) is -5.76. The molecule has 8 nitrogen and oxygen atoms in total. The van der Waals surface area contributed by atoms with Crippen LogP contribution in [0.25, 0.3) is 0 Å². The van der Waals surface area contributed by atoms with Gasteiger partial charge in [-0.3, -0.25) is 14.4 Å². The summed E-state index contributed by atoms with van der Waals surface area (Å²) in [6.45, 7) is 3.61. The van der Waals surface area contributed by atoms with Crippen LogP contribution < -0.4 is 0 Å². The topological polar surface area (TPSA) is 120 Å². The summed E-state index contributed by atoms with van der Waals surface area (Å²) in [5, 5.41) is 10.5. The number of aliphatic carboxylic acids is 1. The van der Waals surface area contributed by atoms with Gasteiger partial charge in [0.05, 0.1) is 29.9 Å². The number of furan rings is 1. The van der Waals surface area contributed by atoms with Gasteiger partial charge in [-0.1, -0.05) is 31.5 Å². The van der Waals surface area contributed by atoms with Gasteiger partial charge < -0.3 is 19.0 Å². The number of allylic oxidation sites excluding steroid dienone is 1. The van der Waals surface area contributed by atoms with Gasteiger partial charge in [0.25, 0.3) is 0 Å². The average molecular weight is 513 g/mol. The number of rotatable bonds is 4. The van der Waals surface area contributed by atoms with E-state index in [0.29, 0.717) is 29.8 Å². The summed E-state index contributed by atoms with van der Waals surface area (Å²) in [5.41, 5.74) is -1.13. The van der Waals surface area contributed by atoms with Gasteiger partial charge in [-0.15, -0.1) is 0 Å². The molecule has 0 bridgehead atoms. The number of ether oxygens (including phenoxy) is 2. The fraction of sp³-hybridized carbons (Fsp3) is 0.407. The molecule has 1 saturated heterocycles. The maximum absolute atomic E-state index is 14.0. The Kier molecular flexibility index (Phi) is 5.82. The van der Waals surface area contributed by atoms with Crippen LogP contribution >= 0.6 is 11.6 Å². The van der Waals surface area contributed by atoms with E-state index >= 15 is 0 Å². The quantitative estimate of drug-likeness (QED) is 0.569. The second-order valence-electron chi connectivity index (χ2n) is 10.3. The molecule has 2 aliphatic carbocycles. The van der Waals surface area contributed by atoms with Gasteiger partial charge in [0.15, 0.2) is 5.76 Å². The Hall–Kier alpha value is -3.39. The smallest absolute Gasteiger partial charge is 0.343 e. The summed E-state index contributed by atoms with van der Waals surface area (Å²) < 4.78 is 16.4. The van der Waals surface area contributed by atoms with Gasteiger partial charge in [-0.25, -0.2) is 4.79 Å². The van der Waals surface area contributed by atoms with E-state index in [9.17, 15) is 24.3 Å². The lowest BCUT2D eigenvalue weighted by atomic mass is 9.44. The Labute approximate surface area is 212 Å². The lowest BCUT2D eigenvalue weighted by Crippen LogP contribution is -2.61. The molecule has 5 rings (SSSR count). The van der Waals surface area contributed by atoms with Crippen molar-refractivity contribution in [3.63, 3.8) is 0 Å². The monoisotopic (exact) mass is 512 g/mol. The van der Waals surface area contributed by atoms with E-state index < -0.39 is 58.4 Å². The number of esters is 2. The minimum absolute atomic E-state index is 0.130. The maximum Gasteiger partial charge on any atom is 0.343 e. The van der Waals surface area contributed by atoms with Crippen LogP contribution in [-0.4, -0.2) is 28.8 Å². The highest BCUT2D eigenvalue weighted by atomic mass is 35.5. The summed E-state index contributed by atoms with van der Waals surface area (Å²) in [6, 6.07) is 7.76. The third-order valence-corrected chi connectivity index (χ3v) is 8.47. The number of fused-ring (bicyclic) bond motifs is 3. The molecule has 1 aromatic carbocycles. The van der Waals surface area contributed by atoms with Gasteiger partial charge in [0.2, 0.25) is 5.78 Å². The standard InChI is InChI=1S/C27H25ClO8/c1-26-8-6-17-25(33)36-20(15-7-9-34-13-15)12-27(17,2)22(26)21(29)19(11-18(26)23(30)31)35-24(32)14-4-3-5-16(28)10-14/h3-5,7,9-11,13,17-18,20,22H,6,8,12H2,1-2H3,(H,30,31). The fourth-order valence-corrected chi connectivity index (χ4v) is 6.74. The molecule has 6 unspecified atom stereocenters. The van der Waals surface area contributed by atoms with Crippen LogP contribution in [0.15, 0.2) is 59.1 Å². The molecule has 1 aliphatic heterocycles. The molecular formula is C27H25ClO8. The molecule has 6 atom stereocenters. The third kappa shape index (κ3) is 3.75. The van der Waals surface area contributed by atoms with Gasteiger partial charge in [0, 0.05) is 16.5 Å². The minimum Gasteiger partial charge on any atom is -0.481 e. The van der Waals surface area contributed by atoms with Crippen molar-refractivity contribution >= 4 is 35.3 Å². The van der Waals surface area contributed by atoms with Crippen molar-refractivity contribution in [2.24, 2.45) is 28.6 Å². The average Bonchev–Trinajstić information content (AvgIpc) is 3.35. The first-order chi connectivity index (χ1) is 17.0. The Morgan fingerprint density at radius 3 is 2.61 bits per heavy atom. The zero-order valence-electron chi connectivity index (χ0n) is 19.7. The van der Waals surface area contributed by atoms with Crippen molar-refractivity contribution in [2.75, 3.05) is 0 Å². The number of carboxylic acid groups (broad SMARTS) is 1. The van der Waals surface area contributed by atoms with E-state index in [1.54, 1.807) is 25.1 Å². The van der Waals surface area contributed by atoms with E-state index in [0.717, 1.165) is 0 Å². The Balaban J connectivity index is 1.56. The van der Waals surface area contributed by atoms with Crippen LogP contribution in [0.2, 0.25) is 5.02 Å². The number of hydrogen-bond donors (Lipinski definition) is 1. The molecule has 2 aromatic rings. The van der Waals surface area contributed by atoms with Crippen LogP contribution in [0.4, 0.5) is 0 Å². The zero-order chi connectivity index (χ0) is 25.8. The van der Waals surface area contributed by atoms with Crippen LogP contribution in [0.3, 0.4) is 0 Å². The molecule has 9 heteroatoms. The summed E-state index contributed by atoms with van der Waals surface area (Å²) >= 11 is 5.98. The highest BCUT2D eigenvalue weighted by molar-refractivity contribution is 6.30. The lowest BCUT2D eigenvalue weighted by molar-refractivity contribution is -0.197. The first-order valence-corrected chi connectivity index (χ1v) is 12.1. The summed E-state index contributed by atoms with van der Waals surface area (Å²) in [6.07, 6.45) is 4.59. The van der Waals surface area contributed by atoms with Crippen molar-refractivity contribution in [3.05, 3.63) is 70.8 Å². The number of hydrogen-bond acceptors (Lipinski definition) is 7. The molecule has 36 heavy (non-hydrogen) atoms. The van der Waals surface area contributed by atoms with Crippen molar-refractivity contribution < 1.29 is 38.2 Å². The number of benzene rings is 1. The van der Waals surface area contributed by atoms with E-state index in [1.165, 1.54) is 30.7 Å². The second-order valence-corrected chi connectivity index (χ2v) is 10.8. The zero-order valence-corrected chi connectivity index (χ0v) is 20.5. The normalized spacial score (nSPS) is 33.6. The van der Waals surface area contributed by atoms with Gasteiger partial charge in [-0.2, -0.15) is 0 Å². The van der Waals surface area contributed by atoms with Gasteiger partial charge in [-0.05, 0) is 60.4 Å². The van der Waals surface area contributed by atoms with E-state index in [-0.39, 0.29) is 11.3 Å². The lowest BCUT2D eigenvalue weighted by Gasteiger charge is -2.59. The molecule has 0 radical (unpaired) electrons. The summed E-state index contributed by atoms with van der Waals surface area (Å²) in [4.78, 5) is 52.4. The molecule has 3 aliphatic rings. The van der Waals surface area contributed by atoms with Crippen LogP contribution in [0.1, 0.15) is 55.1 Å². The van der Waals surface area contributed by atoms with Crippen molar-refractivity contribution in [2.45, 2.75) is 39.2 Å². The number of Topliss-reactive ketones (excluding diaryl/α,β-unsaturated/α-hetero) is 1. The van der Waals surface area contributed by atoms with E-state index in [4.69, 9.17) is 25.5 Å². The van der Waals surface area contributed by atoms with Crippen LogP contribution in [0, 0.1) is 28.6 Å². The Bertz CT molecular complexity index is 1280. The molecule has 1 aromatic heterocycles. The number of ketones is 1. The molecule has 0 amide bonds. The highest BCUT2D eigenvalue weighted by Crippen LogP contribution is 2.64. The molecule has 1 N–H and O–H groups in total. The molecule has 2 heterocycles. The third-order valence-electron chi connectivity index (χ3n) is 8.23. The number of carboxylic acids is 1. The predicted octanol–water partition coefficient (Wildman–Crippen LogP) is 4.98. The maximum atomic E-state index is 14.0. The van der Waals surface area contributed by atoms with Crippen molar-refractivity contribution in [1.82, 2.24) is 0 Å². The second kappa shape index (κ2) is 8.62. The highest BCUT2D eigenvalue weighted by Gasteiger charge is 2.66. The number of cyclic esters (lactones) is 1. The first-order valence-electron chi connectivity index (χ1n) is 11.7. The van der Waals surface area contributed by atoms with Crippen LogP contribution in [-0.2, 0) is 23.9 Å². The predicted molar refractivity (Wildman–Crippen MR) is 126 cm³/mol. The minimum atomic E-state index is -1.13. The summed E-state index contributed by atoms with van der Waals surface area (Å²) in [7, 11) is 0. The molecule has 188 valence electrons. The van der Waals surface area contributed by atoms with E-state index in [1.807, 2.05) is 6.92 Å². The molecular weight excluding hydrogens is 488 g/mol. The molecule has 0 spiro atoms. The number of halogens is 1. The number of carbonyl (C=O) groups is 4. The Morgan fingerprint density at radius 1 is 1.17 bits per heavy atom.